The summed E-state index contributed by atoms with van der Waals surface area (Å²) in [5.41, 5.74) is 1.94. The minimum Gasteiger partial charge on any atom is -0.497 e. The molecular weight excluding hydrogens is 264 g/mol. The largest absolute Gasteiger partial charge is 0.497 e. The van der Waals surface area contributed by atoms with Gasteiger partial charge in [0.25, 0.3) is 0 Å². The van der Waals surface area contributed by atoms with Gasteiger partial charge in [0.2, 0.25) is 0 Å². The standard InChI is InChI=1S/C17H22N2O2/c1-13(2)18-11-14-6-4-7-15(19-14)12-21-17-9-5-8-16(10-17)20-3/h4-10,13,18H,11-12H2,1-3H3. The summed E-state index contributed by atoms with van der Waals surface area (Å²) in [6, 6.07) is 14.0. The minimum atomic E-state index is 0.447. The second kappa shape index (κ2) is 7.64. The molecule has 4 nitrogen and oxygen atoms in total. The number of benzene rings is 1. The lowest BCUT2D eigenvalue weighted by atomic mass is 10.3. The highest BCUT2D eigenvalue weighted by Crippen LogP contribution is 2.19. The fraction of sp³-hybridized carbons (Fsp3) is 0.353. The molecule has 1 aromatic heterocycles. The molecule has 2 rings (SSSR count). The maximum absolute atomic E-state index is 5.75. The van der Waals surface area contributed by atoms with E-state index >= 15 is 0 Å². The third kappa shape index (κ3) is 5.08. The van der Waals surface area contributed by atoms with Crippen molar-refractivity contribution < 1.29 is 9.47 Å². The number of nitrogens with zero attached hydrogens (tertiary/aromatic N) is 1. The zero-order valence-electron chi connectivity index (χ0n) is 12.8. The molecule has 1 heterocycles. The normalized spacial score (nSPS) is 10.7. The second-order valence-electron chi connectivity index (χ2n) is 5.12. The Kier molecular flexibility index (Phi) is 5.58. The van der Waals surface area contributed by atoms with Gasteiger partial charge in [0.1, 0.15) is 18.1 Å². The highest BCUT2D eigenvalue weighted by Gasteiger charge is 2.02. The topological polar surface area (TPSA) is 43.4 Å². The van der Waals surface area contributed by atoms with Crippen molar-refractivity contribution in [3.05, 3.63) is 53.9 Å². The lowest BCUT2D eigenvalue weighted by Gasteiger charge is -2.10. The van der Waals surface area contributed by atoms with Crippen LogP contribution >= 0.6 is 0 Å². The van der Waals surface area contributed by atoms with Crippen LogP contribution in [0.3, 0.4) is 0 Å². The van der Waals surface area contributed by atoms with Gasteiger partial charge in [-0.3, -0.25) is 4.98 Å². The fourth-order valence-corrected chi connectivity index (χ4v) is 1.87. The Morgan fingerprint density at radius 3 is 2.52 bits per heavy atom. The molecule has 0 aliphatic rings. The predicted molar refractivity (Wildman–Crippen MR) is 83.5 cm³/mol. The van der Waals surface area contributed by atoms with Gasteiger partial charge in [0.05, 0.1) is 18.5 Å². The molecule has 112 valence electrons. The van der Waals surface area contributed by atoms with Crippen LogP contribution in [-0.2, 0) is 13.2 Å². The Balaban J connectivity index is 1.94. The lowest BCUT2D eigenvalue weighted by molar-refractivity contribution is 0.298. The Hall–Kier alpha value is -2.07. The van der Waals surface area contributed by atoms with E-state index in [-0.39, 0.29) is 0 Å². The summed E-state index contributed by atoms with van der Waals surface area (Å²) in [5.74, 6) is 1.57. The monoisotopic (exact) mass is 286 g/mol. The number of hydrogen-bond acceptors (Lipinski definition) is 4. The molecule has 0 radical (unpaired) electrons. The third-order valence-electron chi connectivity index (χ3n) is 2.98. The van der Waals surface area contributed by atoms with E-state index in [9.17, 15) is 0 Å². The summed E-state index contributed by atoms with van der Waals surface area (Å²) in [6.07, 6.45) is 0. The van der Waals surface area contributed by atoms with Crippen LogP contribution in [0.5, 0.6) is 11.5 Å². The predicted octanol–water partition coefficient (Wildman–Crippen LogP) is 3.17. The molecule has 0 atom stereocenters. The smallest absolute Gasteiger partial charge is 0.130 e. The molecule has 0 saturated carbocycles. The van der Waals surface area contributed by atoms with Crippen molar-refractivity contribution in [1.29, 1.82) is 0 Å². The van der Waals surface area contributed by atoms with E-state index in [0.29, 0.717) is 12.6 Å². The van der Waals surface area contributed by atoms with Crippen LogP contribution in [0.1, 0.15) is 25.2 Å². The molecule has 0 aliphatic heterocycles. The summed E-state index contributed by atoms with van der Waals surface area (Å²) < 4.78 is 10.9. The van der Waals surface area contributed by atoms with Gasteiger partial charge in [-0.05, 0) is 24.3 Å². The average molecular weight is 286 g/mol. The summed E-state index contributed by atoms with van der Waals surface area (Å²) in [4.78, 5) is 4.58. The zero-order chi connectivity index (χ0) is 15.1. The maximum Gasteiger partial charge on any atom is 0.130 e. The quantitative estimate of drug-likeness (QED) is 0.849. The number of methoxy groups -OCH3 is 1. The summed E-state index contributed by atoms with van der Waals surface area (Å²) in [5, 5.41) is 3.36. The molecule has 0 saturated heterocycles. The van der Waals surface area contributed by atoms with Crippen LogP contribution in [0.2, 0.25) is 0 Å². The van der Waals surface area contributed by atoms with Gasteiger partial charge in [0.15, 0.2) is 0 Å². The molecule has 0 bridgehead atoms. The first-order valence-electron chi connectivity index (χ1n) is 7.12. The van der Waals surface area contributed by atoms with E-state index in [1.54, 1.807) is 7.11 Å². The van der Waals surface area contributed by atoms with Crippen LogP contribution in [0.25, 0.3) is 0 Å². The van der Waals surface area contributed by atoms with Crippen LogP contribution in [0, 0.1) is 0 Å². The van der Waals surface area contributed by atoms with Crippen molar-refractivity contribution in [2.45, 2.75) is 33.0 Å². The van der Waals surface area contributed by atoms with Gasteiger partial charge >= 0.3 is 0 Å². The van der Waals surface area contributed by atoms with Crippen LogP contribution in [0.15, 0.2) is 42.5 Å². The minimum absolute atomic E-state index is 0.447. The zero-order valence-corrected chi connectivity index (χ0v) is 12.8. The highest BCUT2D eigenvalue weighted by molar-refractivity contribution is 5.32. The van der Waals surface area contributed by atoms with Gasteiger partial charge in [-0.1, -0.05) is 26.0 Å². The third-order valence-corrected chi connectivity index (χ3v) is 2.98. The first-order chi connectivity index (χ1) is 10.2. The van der Waals surface area contributed by atoms with Crippen molar-refractivity contribution in [2.24, 2.45) is 0 Å². The molecule has 4 heteroatoms. The first-order valence-corrected chi connectivity index (χ1v) is 7.12. The molecule has 0 unspecified atom stereocenters. The van der Waals surface area contributed by atoms with Gasteiger partial charge in [0, 0.05) is 18.7 Å². The van der Waals surface area contributed by atoms with E-state index in [1.807, 2.05) is 42.5 Å². The molecule has 0 spiro atoms. The van der Waals surface area contributed by atoms with Crippen molar-refractivity contribution in [1.82, 2.24) is 10.3 Å². The molecular formula is C17H22N2O2. The number of nitrogens with one attached hydrogen (secondary N) is 1. The molecule has 0 aliphatic carbocycles. The number of rotatable bonds is 7. The Morgan fingerprint density at radius 2 is 1.76 bits per heavy atom. The van der Waals surface area contributed by atoms with Crippen molar-refractivity contribution in [3.63, 3.8) is 0 Å². The highest BCUT2D eigenvalue weighted by atomic mass is 16.5. The fourth-order valence-electron chi connectivity index (χ4n) is 1.87. The Morgan fingerprint density at radius 1 is 1.05 bits per heavy atom. The molecule has 1 aromatic carbocycles. The summed E-state index contributed by atoms with van der Waals surface area (Å²) in [6.45, 7) is 5.46. The number of pyridine rings is 1. The van der Waals surface area contributed by atoms with Gasteiger partial charge < -0.3 is 14.8 Å². The summed E-state index contributed by atoms with van der Waals surface area (Å²) >= 11 is 0. The molecule has 21 heavy (non-hydrogen) atoms. The molecule has 0 fully saturated rings. The Bertz CT molecular complexity index is 570. The number of ether oxygens (including phenoxy) is 2. The lowest BCUT2D eigenvalue weighted by Crippen LogP contribution is -2.22. The van der Waals surface area contributed by atoms with E-state index in [4.69, 9.17) is 9.47 Å². The SMILES string of the molecule is COc1cccc(OCc2cccc(CNC(C)C)n2)c1. The van der Waals surface area contributed by atoms with E-state index < -0.39 is 0 Å². The van der Waals surface area contributed by atoms with Crippen molar-refractivity contribution in [2.75, 3.05) is 7.11 Å². The van der Waals surface area contributed by atoms with Gasteiger partial charge in [-0.15, -0.1) is 0 Å². The Labute approximate surface area is 126 Å². The van der Waals surface area contributed by atoms with Gasteiger partial charge in [-0.2, -0.15) is 0 Å². The average Bonchev–Trinajstić information content (AvgIpc) is 2.51. The van der Waals surface area contributed by atoms with Crippen LogP contribution < -0.4 is 14.8 Å². The van der Waals surface area contributed by atoms with E-state index in [0.717, 1.165) is 29.4 Å². The molecule has 2 aromatic rings. The number of aromatic nitrogens is 1. The van der Waals surface area contributed by atoms with Crippen molar-refractivity contribution >= 4 is 0 Å². The summed E-state index contributed by atoms with van der Waals surface area (Å²) in [7, 11) is 1.64. The molecule has 0 amide bonds. The van der Waals surface area contributed by atoms with E-state index in [2.05, 4.69) is 24.1 Å². The van der Waals surface area contributed by atoms with Gasteiger partial charge in [-0.25, -0.2) is 0 Å². The van der Waals surface area contributed by atoms with E-state index in [1.165, 1.54) is 0 Å². The van der Waals surface area contributed by atoms with Crippen LogP contribution in [0.4, 0.5) is 0 Å². The first kappa shape index (κ1) is 15.3. The second-order valence-corrected chi connectivity index (χ2v) is 5.12. The van der Waals surface area contributed by atoms with Crippen molar-refractivity contribution in [3.8, 4) is 11.5 Å². The van der Waals surface area contributed by atoms with Crippen LogP contribution in [-0.4, -0.2) is 18.1 Å². The maximum atomic E-state index is 5.75. The number of hydrogen-bond donors (Lipinski definition) is 1. The molecule has 1 N–H and O–H groups in total.